The summed E-state index contributed by atoms with van der Waals surface area (Å²) in [6.45, 7) is 11.5. The maximum absolute atomic E-state index is 11.7. The van der Waals surface area contributed by atoms with Crippen LogP contribution in [0.1, 0.15) is 156 Å². The fraction of sp³-hybridized carbons (Fsp3) is 0.726. The standard InChI is InChI=1S/C14H19N3O13.C13H18N2O12.C13H22N2O11.C13H22N2O10.C11H20N2O7.C9H16N2O7/c1-8-11(29-14(20)28-8)7-26-13(19)10(15)6-25-12(18)4-2-3-9(30-17(23)24)5-27-16(21)22;1-8-10(27-13(18)26-8)7-23-11(16)9(14)6-24-12(17)22-4-2-21-3-5-25-15(19)20;1-13(2,3)26-11(18)14-9(10(16)17)8-24-12(19)23-6-4-22-5-7-25-15(20)21;1-13(2,3)25-11(18)14-9(10(16)17)8-23-12(19)22-6-4-5-7-24-15(20)21;1-11(2,3)20-10(15)8(12)7-18-9(14)5-4-6-19-13(16)17;10-7(9(13)14)6-17-8(12)4-2-1-3-5-18-11(15)16/h9-10H,2-7,15H2,1H3;9H,2-7,14H2,1H3;9H,4-8H2,1-3H3,(H,14,18)(H,16,17);9H,4-8H2,1-3H3,(H,14,18)(H,16,17);8H,4-7,12H2,1-3H3;7H,1-6,10H2,(H,13,14). The van der Waals surface area contributed by atoms with E-state index in [1.54, 1.807) is 62.3 Å². The van der Waals surface area contributed by atoms with Crippen LogP contribution in [0.5, 0.6) is 0 Å². The molecule has 0 aliphatic carbocycles. The number of hydrogen-bond donors (Lipinski definition) is 9. The van der Waals surface area contributed by atoms with E-state index in [0.717, 1.165) is 0 Å². The number of alkyl carbamates (subject to hydrolysis) is 2. The van der Waals surface area contributed by atoms with Gasteiger partial charge >= 0.3 is 96.0 Å². The average molecular weight is 2140 g/mol. The largest absolute Gasteiger partial charge is 0.519 e. The lowest BCUT2D eigenvalue weighted by Gasteiger charge is -2.22. The van der Waals surface area contributed by atoms with Gasteiger partial charge in [0.15, 0.2) is 48.3 Å². The van der Waals surface area contributed by atoms with Crippen LogP contribution in [-0.4, -0.2) is 320 Å². The summed E-state index contributed by atoms with van der Waals surface area (Å²) in [6.07, 6.45) is -4.61. The summed E-state index contributed by atoms with van der Waals surface area (Å²) in [5, 5.41) is 93.3. The number of rotatable bonds is 65. The van der Waals surface area contributed by atoms with Crippen molar-refractivity contribution in [2.24, 2.45) is 22.9 Å². The predicted molar refractivity (Wildman–Crippen MR) is 457 cm³/mol. The van der Waals surface area contributed by atoms with Gasteiger partial charge in [0.05, 0.1) is 52.9 Å². The Morgan fingerprint density at radius 2 is 0.644 bits per heavy atom. The molecule has 0 aliphatic rings. The molecule has 13 N–H and O–H groups in total. The van der Waals surface area contributed by atoms with Crippen LogP contribution in [0.15, 0.2) is 27.3 Å². The first kappa shape index (κ1) is 136. The SMILES string of the molecule is CC(C)(C)OC(=O)C(N)COC(=O)CCCO[N+](=O)[O-].CC(C)(C)OC(=O)NC(COC(=O)OCCCCO[N+](=O)[O-])C(=O)O.CC(C)(C)OC(=O)NC(COC(=O)OCCOCCO[N+](=O)[O-])C(=O)O.Cc1oc(=O)oc1COC(=O)C(N)COC(=O)CCCC(CO[N+](=O)[O-])O[N+](=O)[O-].Cc1oc(=O)oc1COC(=O)C(N)COC(=O)OCCOCCO[N+](=O)[O-].NC(COC(=O)CCCCCO[N+](=O)[O-])C(=O)O. The van der Waals surface area contributed by atoms with Crippen LogP contribution in [0, 0.1) is 84.6 Å². The number of aliphatic carboxylic acids is 3. The number of carboxylic acid groups (broad SMARTS) is 3. The zero-order valence-electron chi connectivity index (χ0n) is 80.2. The van der Waals surface area contributed by atoms with Gasteiger partial charge in [0, 0.05) is 19.3 Å². The fourth-order valence-electron chi connectivity index (χ4n) is 8.11. The normalized spacial score (nSPS) is 11.9. The summed E-state index contributed by atoms with van der Waals surface area (Å²) >= 11 is 0. The van der Waals surface area contributed by atoms with Crippen molar-refractivity contribution < 1.29 is 245 Å². The Kier molecular flexibility index (Phi) is 72.1. The van der Waals surface area contributed by atoms with Crippen LogP contribution in [0.25, 0.3) is 0 Å². The molecule has 2 rings (SSSR count). The minimum absolute atomic E-state index is 0.00472. The number of nitrogens with zero attached hydrogens (tertiary/aromatic N) is 7. The van der Waals surface area contributed by atoms with Crippen molar-refractivity contribution in [2.45, 2.75) is 219 Å². The Labute approximate surface area is 820 Å². The molecule has 2 heterocycles. The molecule has 2 amide bonds. The summed E-state index contributed by atoms with van der Waals surface area (Å²) in [5.41, 5.74) is 19.3. The average Bonchev–Trinajstić information content (AvgIpc) is 1.75. The number of esters is 6. The fourth-order valence-corrected chi connectivity index (χ4v) is 8.11. The third-order valence-electron chi connectivity index (χ3n) is 14.5. The Morgan fingerprint density at radius 3 is 0.993 bits per heavy atom. The predicted octanol–water partition coefficient (Wildman–Crippen LogP) is 0.0459. The molecule has 2 aromatic heterocycles. The highest BCUT2D eigenvalue weighted by molar-refractivity contribution is 5.82. The number of amides is 2. The number of ether oxygens (including phenoxy) is 16. The maximum Gasteiger partial charge on any atom is 0.519 e. The molecule has 834 valence electrons. The van der Waals surface area contributed by atoms with Gasteiger partial charge in [-0.3, -0.25) is 33.6 Å². The molecule has 0 fully saturated rings. The Hall–Kier alpha value is -16.2. The Balaban J connectivity index is -0.000000835. The molecule has 73 nitrogen and oxygen atoms in total. The van der Waals surface area contributed by atoms with Crippen molar-refractivity contribution in [1.82, 2.24) is 10.6 Å². The maximum atomic E-state index is 11.7. The molecule has 0 aliphatic heterocycles. The van der Waals surface area contributed by atoms with E-state index in [1.165, 1.54) is 13.8 Å². The third kappa shape index (κ3) is 85.7. The number of carbonyl (C=O) groups is 14. The third-order valence-corrected chi connectivity index (χ3v) is 14.5. The van der Waals surface area contributed by atoms with Gasteiger partial charge < -0.3 is 176 Å². The zero-order valence-corrected chi connectivity index (χ0v) is 80.2. The molecule has 0 bridgehead atoms. The lowest BCUT2D eigenvalue weighted by atomic mass is 10.1. The van der Waals surface area contributed by atoms with Gasteiger partial charge in [0.1, 0.15) is 120 Å². The van der Waals surface area contributed by atoms with Gasteiger partial charge in [0.2, 0.25) is 0 Å². The second kappa shape index (κ2) is 77.4. The number of nitrogens with two attached hydrogens (primary N) is 4. The van der Waals surface area contributed by atoms with Gasteiger partial charge in [-0.2, -0.15) is 0 Å². The summed E-state index contributed by atoms with van der Waals surface area (Å²) in [5.74, 6) is -10.1. The van der Waals surface area contributed by atoms with E-state index >= 15 is 0 Å². The molecule has 0 saturated carbocycles. The van der Waals surface area contributed by atoms with Crippen LogP contribution < -0.4 is 45.2 Å². The van der Waals surface area contributed by atoms with E-state index in [1.807, 2.05) is 10.6 Å². The number of nitrogens with one attached hydrogen (secondary N) is 2. The molecular formula is C73H117N13O60. The molecule has 73 heteroatoms. The Bertz CT molecular complexity index is 4480. The van der Waals surface area contributed by atoms with Gasteiger partial charge in [-0.15, -0.1) is 70.8 Å². The number of hydrogen-bond acceptors (Lipinski definition) is 61. The summed E-state index contributed by atoms with van der Waals surface area (Å²) in [6, 6.07) is -7.90. The van der Waals surface area contributed by atoms with Crippen LogP contribution in [0.3, 0.4) is 0 Å². The monoisotopic (exact) mass is 2140 g/mol. The van der Waals surface area contributed by atoms with Crippen molar-refractivity contribution in [3.8, 4) is 0 Å². The van der Waals surface area contributed by atoms with Crippen LogP contribution in [0.2, 0.25) is 0 Å². The van der Waals surface area contributed by atoms with Crippen molar-refractivity contribution in [3.05, 3.63) is 115 Å². The smallest absolute Gasteiger partial charge is 0.480 e. The van der Waals surface area contributed by atoms with E-state index in [0.29, 0.717) is 25.7 Å². The van der Waals surface area contributed by atoms with Crippen molar-refractivity contribution in [2.75, 3.05) is 126 Å². The number of carboxylic acids is 3. The second-order valence-corrected chi connectivity index (χ2v) is 30.2. The minimum Gasteiger partial charge on any atom is -0.480 e. The van der Waals surface area contributed by atoms with Crippen LogP contribution in [0.4, 0.5) is 24.0 Å². The minimum atomic E-state index is -1.52. The highest BCUT2D eigenvalue weighted by Gasteiger charge is 2.31. The van der Waals surface area contributed by atoms with E-state index in [4.69, 9.17) is 80.9 Å². The topological polar surface area (TPSA) is 1030 Å². The van der Waals surface area contributed by atoms with Gasteiger partial charge in [0.25, 0.3) is 35.6 Å². The van der Waals surface area contributed by atoms with E-state index in [9.17, 15) is 148 Å². The van der Waals surface area contributed by atoms with Gasteiger partial charge in [-0.1, -0.05) is 6.42 Å². The molecule has 0 saturated heterocycles. The highest BCUT2D eigenvalue weighted by atomic mass is 17.0. The lowest BCUT2D eigenvalue weighted by Crippen LogP contribution is -2.46. The van der Waals surface area contributed by atoms with Gasteiger partial charge in [-0.25, -0.2) is 43.2 Å². The van der Waals surface area contributed by atoms with Crippen LogP contribution >= 0.6 is 0 Å². The molecule has 7 unspecified atom stereocenters. The highest BCUT2D eigenvalue weighted by Crippen LogP contribution is 2.15. The molecule has 7 atom stereocenters. The summed E-state index contributed by atoms with van der Waals surface area (Å²) in [7, 11) is 0. The van der Waals surface area contributed by atoms with Crippen molar-refractivity contribution >= 4 is 84.4 Å². The Morgan fingerprint density at radius 1 is 0.329 bits per heavy atom. The summed E-state index contributed by atoms with van der Waals surface area (Å²) in [4.78, 5) is 278. The first-order valence-corrected chi connectivity index (χ1v) is 41.8. The first-order chi connectivity index (χ1) is 67.9. The first-order valence-electron chi connectivity index (χ1n) is 41.8. The van der Waals surface area contributed by atoms with Crippen molar-refractivity contribution in [1.29, 1.82) is 0 Å². The second-order valence-electron chi connectivity index (χ2n) is 30.2. The van der Waals surface area contributed by atoms with Crippen LogP contribution in [-0.2, 0) is 166 Å². The summed E-state index contributed by atoms with van der Waals surface area (Å²) < 4.78 is 94.4. The number of unbranched alkanes of at least 4 members (excludes halogenated alkanes) is 3. The molecule has 0 radical (unpaired) electrons. The lowest BCUT2D eigenvalue weighted by molar-refractivity contribution is -0.790. The molecule has 2 aromatic rings. The van der Waals surface area contributed by atoms with Crippen molar-refractivity contribution in [3.63, 3.8) is 0 Å². The quantitative estimate of drug-likeness (QED) is 0.0139. The van der Waals surface area contributed by atoms with E-state index < -0.39 is 230 Å². The molecule has 146 heavy (non-hydrogen) atoms. The molecular weight excluding hydrogens is 2020 g/mol. The number of carbonyl (C=O) groups excluding carboxylic acids is 11. The molecule has 0 aromatic carbocycles. The van der Waals surface area contributed by atoms with E-state index in [-0.39, 0.29) is 167 Å². The van der Waals surface area contributed by atoms with Gasteiger partial charge in [-0.05, 0) is 121 Å². The zero-order chi connectivity index (χ0) is 112. The molecule has 0 spiro atoms. The number of aryl methyl sites for hydroxylation is 2. The van der Waals surface area contributed by atoms with E-state index in [2.05, 4.69) is 84.7 Å².